The summed E-state index contributed by atoms with van der Waals surface area (Å²) in [6.07, 6.45) is 0. The average Bonchev–Trinajstić information content (AvgIpc) is 0.592. The zero-order valence-electron chi connectivity index (χ0n) is 3.77. The van der Waals surface area contributed by atoms with Crippen LogP contribution in [0.5, 0.6) is 0 Å². The van der Waals surface area contributed by atoms with E-state index in [2.05, 4.69) is 0 Å². The minimum absolute atomic E-state index is 4.44. The molecule has 0 heterocycles. The van der Waals surface area contributed by atoms with Crippen molar-refractivity contribution >= 4 is 0 Å². The summed E-state index contributed by atoms with van der Waals surface area (Å²) in [6.45, 7) is 0. The fourth-order valence-corrected chi connectivity index (χ4v) is 0. The van der Waals surface area contributed by atoms with Crippen LogP contribution in [-0.4, -0.2) is 0 Å². The molecule has 0 aromatic rings. The molecule has 0 aliphatic rings. The van der Waals surface area contributed by atoms with Crippen LogP contribution in [-0.2, 0) is 12.0 Å². The van der Waals surface area contributed by atoms with E-state index in [0.717, 1.165) is 0 Å². The first-order chi connectivity index (χ1) is 2.45. The molecule has 0 aliphatic heterocycles. The minimum atomic E-state index is -4.44. The Balaban J connectivity index is 4.43. The standard InChI is InChI=1S/Cu.6H2N/h;6*1H2/q+6;6*-1. The fourth-order valence-electron chi connectivity index (χ4n) is 0. The summed E-state index contributed by atoms with van der Waals surface area (Å²) in [7, 11) is 0. The zero-order chi connectivity index (χ0) is 6.41. The van der Waals surface area contributed by atoms with Crippen LogP contribution in [0.3, 0.4) is 0 Å². The van der Waals surface area contributed by atoms with Crippen LogP contribution in [0.4, 0.5) is 0 Å². The Bertz CT molecular complexity index is 62.7. The molecule has 12 N–H and O–H groups in total. The van der Waals surface area contributed by atoms with E-state index >= 15 is 0 Å². The third-order valence-corrected chi connectivity index (χ3v) is 0. The number of hydrogen-bond donors (Lipinski definition) is 6. The van der Waals surface area contributed by atoms with Crippen molar-refractivity contribution in [1.29, 1.82) is 0 Å². The summed E-state index contributed by atoms with van der Waals surface area (Å²) >= 11 is -4.44. The van der Waals surface area contributed by atoms with Gasteiger partial charge in [-0.15, -0.1) is 0 Å². The maximum absolute atomic E-state index is 4.84. The van der Waals surface area contributed by atoms with Gasteiger partial charge in [0.05, 0.1) is 0 Å². The Morgan fingerprint density at radius 2 is 0.571 bits per heavy atom. The summed E-state index contributed by atoms with van der Waals surface area (Å²) in [5, 5.41) is 0. The van der Waals surface area contributed by atoms with Gasteiger partial charge in [-0.2, -0.15) is 0 Å². The van der Waals surface area contributed by atoms with Crippen LogP contribution in [0.1, 0.15) is 0 Å². The molecule has 0 saturated heterocycles. The molecule has 7 heavy (non-hydrogen) atoms. The molecule has 7 heteroatoms. The van der Waals surface area contributed by atoms with Crippen molar-refractivity contribution in [3.05, 3.63) is 0 Å². The molecule has 0 atom stereocenters. The average molecular weight is 160 g/mol. The van der Waals surface area contributed by atoms with Crippen molar-refractivity contribution in [3.8, 4) is 0 Å². The molecule has 0 spiro atoms. The Morgan fingerprint density at radius 1 is 0.571 bits per heavy atom. The zero-order valence-corrected chi connectivity index (χ0v) is 4.71. The molecule has 0 fully saturated rings. The molecule has 0 amide bonds. The molecule has 53 valence electrons. The van der Waals surface area contributed by atoms with E-state index < -0.39 is 12.0 Å². The summed E-state index contributed by atoms with van der Waals surface area (Å²) < 4.78 is 29.1. The van der Waals surface area contributed by atoms with Crippen LogP contribution >= 0.6 is 0 Å². The molecule has 0 rings (SSSR count). The molecule has 0 aliphatic carbocycles. The van der Waals surface area contributed by atoms with E-state index in [0.29, 0.717) is 0 Å². The molecule has 6 nitrogen and oxygen atoms in total. The predicted octanol–water partition coefficient (Wildman–Crippen LogP) is -3.55. The quantitative estimate of drug-likeness (QED) is 0.201. The second-order valence-electron chi connectivity index (χ2n) is 1.51. The molecule has 0 unspecified atom stereocenters. The first kappa shape index (κ1) is 7.28. The van der Waals surface area contributed by atoms with Gasteiger partial charge in [-0.3, -0.25) is 0 Å². The summed E-state index contributed by atoms with van der Waals surface area (Å²) in [5.74, 6) is 0. The molecule has 0 aromatic heterocycles. The van der Waals surface area contributed by atoms with Crippen LogP contribution in [0.15, 0.2) is 0 Å². The molecular formula is H12CuN6. The van der Waals surface area contributed by atoms with Gasteiger partial charge in [-0.1, -0.05) is 0 Å². The predicted molar refractivity (Wildman–Crippen MR) is 25.1 cm³/mol. The van der Waals surface area contributed by atoms with Gasteiger partial charge in [0.15, 0.2) is 0 Å². The van der Waals surface area contributed by atoms with Gasteiger partial charge in [-0.25, -0.2) is 0 Å². The van der Waals surface area contributed by atoms with E-state index in [-0.39, 0.29) is 0 Å². The normalized spacial score (nSPS) is 23.1. The first-order valence-corrected chi connectivity index (χ1v) is 4.31. The number of nitrogens with two attached hydrogens (primary N) is 6. The molecular weight excluding hydrogens is 148 g/mol. The summed E-state index contributed by atoms with van der Waals surface area (Å²) in [6, 6.07) is 0. The van der Waals surface area contributed by atoms with Crippen molar-refractivity contribution in [2.45, 2.75) is 0 Å². The Labute approximate surface area is 41.3 Å². The van der Waals surface area contributed by atoms with Crippen molar-refractivity contribution in [2.24, 2.45) is 28.5 Å². The second-order valence-corrected chi connectivity index (χ2v) is 6.22. The monoisotopic (exact) mass is 159 g/mol. The van der Waals surface area contributed by atoms with E-state index in [1.807, 2.05) is 0 Å². The van der Waals surface area contributed by atoms with Gasteiger partial charge in [0.2, 0.25) is 0 Å². The van der Waals surface area contributed by atoms with Crippen LogP contribution in [0, 0.1) is 0 Å². The summed E-state index contributed by atoms with van der Waals surface area (Å²) in [4.78, 5) is 0. The van der Waals surface area contributed by atoms with Crippen LogP contribution in [0.25, 0.3) is 0 Å². The molecule has 0 bridgehead atoms. The van der Waals surface area contributed by atoms with Gasteiger partial charge in [-0.05, 0) is 0 Å². The van der Waals surface area contributed by atoms with Crippen molar-refractivity contribution < 1.29 is 12.0 Å². The number of rotatable bonds is 0. The number of hydrogen-bond acceptors (Lipinski definition) is 6. The van der Waals surface area contributed by atoms with Crippen LogP contribution in [0.2, 0.25) is 0 Å². The van der Waals surface area contributed by atoms with Crippen molar-refractivity contribution in [2.75, 3.05) is 0 Å². The molecule has 0 radical (unpaired) electrons. The van der Waals surface area contributed by atoms with Gasteiger partial charge in [0.1, 0.15) is 0 Å². The third kappa shape index (κ3) is 1470. The SMILES string of the molecule is [NH2][Cu]([NH2])([NH2])([NH2])([NH2])[NH2]. The third-order valence-electron chi connectivity index (χ3n) is 0. The topological polar surface area (TPSA) is 156 Å². The van der Waals surface area contributed by atoms with Gasteiger partial charge >= 0.3 is 40.5 Å². The van der Waals surface area contributed by atoms with Gasteiger partial charge in [0, 0.05) is 0 Å². The van der Waals surface area contributed by atoms with E-state index in [4.69, 9.17) is 28.5 Å². The first-order valence-electron chi connectivity index (χ1n) is 1.04. The van der Waals surface area contributed by atoms with Gasteiger partial charge in [0.25, 0.3) is 0 Å². The van der Waals surface area contributed by atoms with E-state index in [9.17, 15) is 0 Å². The van der Waals surface area contributed by atoms with E-state index in [1.54, 1.807) is 0 Å². The van der Waals surface area contributed by atoms with Crippen LogP contribution < -0.4 is 28.5 Å². The fraction of sp³-hybridized carbons (Fsp3) is 0. The van der Waals surface area contributed by atoms with Gasteiger partial charge < -0.3 is 0 Å². The second kappa shape index (κ2) is 0.750. The Morgan fingerprint density at radius 3 is 0.571 bits per heavy atom. The molecule has 0 aromatic carbocycles. The van der Waals surface area contributed by atoms with Crippen molar-refractivity contribution in [3.63, 3.8) is 0 Å². The Kier molecular flexibility index (Phi) is 0.780. The molecule has 0 saturated carbocycles. The van der Waals surface area contributed by atoms with Crippen molar-refractivity contribution in [1.82, 2.24) is 0 Å². The maximum atomic E-state index is 4.84. The van der Waals surface area contributed by atoms with E-state index in [1.165, 1.54) is 0 Å². The summed E-state index contributed by atoms with van der Waals surface area (Å²) in [5.41, 5.74) is 0. The Hall–Kier alpha value is 0.279.